The molecule has 5 rings (SSSR count). The molecule has 0 bridgehead atoms. The number of benzene rings is 2. The summed E-state index contributed by atoms with van der Waals surface area (Å²) >= 11 is 0. The number of carboxylic acids is 1. The third kappa shape index (κ3) is 5.32. The van der Waals surface area contributed by atoms with E-state index in [4.69, 9.17) is 15.2 Å². The monoisotopic (exact) mass is 545 g/mol. The predicted octanol–water partition coefficient (Wildman–Crippen LogP) is 3.04. The van der Waals surface area contributed by atoms with E-state index in [1.165, 1.54) is 23.3 Å². The quantitative estimate of drug-likeness (QED) is 0.230. The van der Waals surface area contributed by atoms with E-state index >= 15 is 0 Å². The van der Waals surface area contributed by atoms with Gasteiger partial charge in [-0.1, -0.05) is 67.1 Å². The van der Waals surface area contributed by atoms with Gasteiger partial charge in [-0.15, -0.1) is 0 Å². The van der Waals surface area contributed by atoms with Crippen LogP contribution in [0.4, 0.5) is 5.82 Å². The molecule has 1 fully saturated rings. The Kier molecular flexibility index (Phi) is 7.90. The van der Waals surface area contributed by atoms with E-state index in [9.17, 15) is 20.1 Å². The van der Waals surface area contributed by atoms with Gasteiger partial charge >= 0.3 is 5.97 Å². The Morgan fingerprint density at radius 2 is 1.82 bits per heavy atom. The van der Waals surface area contributed by atoms with Crippen LogP contribution in [0.25, 0.3) is 17.2 Å². The van der Waals surface area contributed by atoms with Crippen LogP contribution in [0.5, 0.6) is 0 Å². The van der Waals surface area contributed by atoms with E-state index in [0.29, 0.717) is 23.1 Å². The number of ether oxygens (including phenoxy) is 2. The van der Waals surface area contributed by atoms with Crippen LogP contribution in [0.1, 0.15) is 42.4 Å². The largest absolute Gasteiger partial charge is 0.478 e. The van der Waals surface area contributed by atoms with Crippen LogP contribution >= 0.6 is 0 Å². The second kappa shape index (κ2) is 11.5. The Bertz CT molecular complexity index is 1510. The number of carbonyl (C=O) groups is 1. The Morgan fingerprint density at radius 3 is 2.50 bits per heavy atom. The number of aromatic nitrogens is 4. The zero-order valence-electron chi connectivity index (χ0n) is 22.0. The number of hydrogen-bond acceptors (Lipinski definition) is 9. The van der Waals surface area contributed by atoms with Crippen molar-refractivity contribution in [2.45, 2.75) is 57.0 Å². The number of hydrogen-bond donors (Lipinski definition) is 4. The van der Waals surface area contributed by atoms with Crippen LogP contribution in [0, 0.1) is 6.92 Å². The van der Waals surface area contributed by atoms with Gasteiger partial charge in [-0.05, 0) is 30.5 Å². The number of nitrogen functional groups attached to an aromatic ring is 1. The first-order valence-corrected chi connectivity index (χ1v) is 12.9. The summed E-state index contributed by atoms with van der Waals surface area (Å²) in [5, 5.41) is 32.7. The minimum atomic E-state index is -1.50. The molecule has 208 valence electrons. The van der Waals surface area contributed by atoms with E-state index in [0.717, 1.165) is 11.1 Å². The highest BCUT2D eigenvalue weighted by Gasteiger charge is 2.50. The molecule has 40 heavy (non-hydrogen) atoms. The second-order valence-corrected chi connectivity index (χ2v) is 9.74. The first-order chi connectivity index (χ1) is 19.3. The maximum Gasteiger partial charge on any atom is 0.334 e. The van der Waals surface area contributed by atoms with Gasteiger partial charge in [0.05, 0.1) is 18.0 Å². The number of fused-ring (bicyclic) bond motifs is 1. The summed E-state index contributed by atoms with van der Waals surface area (Å²) in [5.74, 6) is -1.09. The molecule has 1 aliphatic heterocycles. The van der Waals surface area contributed by atoms with Crippen molar-refractivity contribution in [3.05, 3.63) is 89.5 Å². The molecule has 0 radical (unpaired) electrons. The fraction of sp³-hybridized carbons (Fsp3) is 0.310. The maximum atomic E-state index is 12.7. The molecule has 0 spiro atoms. The molecule has 2 aromatic heterocycles. The molecular weight excluding hydrogens is 514 g/mol. The van der Waals surface area contributed by atoms with Crippen molar-refractivity contribution in [3.63, 3.8) is 0 Å². The number of rotatable bonds is 9. The van der Waals surface area contributed by atoms with Crippen molar-refractivity contribution in [1.82, 2.24) is 19.5 Å². The summed E-state index contributed by atoms with van der Waals surface area (Å²) in [6, 6.07) is 16.7. The molecule has 11 nitrogen and oxygen atoms in total. The van der Waals surface area contributed by atoms with Crippen LogP contribution < -0.4 is 5.73 Å². The van der Waals surface area contributed by atoms with Gasteiger partial charge in [-0.3, -0.25) is 4.57 Å². The standard InChI is InChI=1S/C29H31N5O6/c1-3-20(18-7-5-4-6-8-18)39-24(19(29(37)38)13-17-11-9-16(2)10-12-17)25-22(35)23(36)28(40-25)34-15-33-21-26(30)31-14-32-27(21)34/h4-15,20,22-25,28,35-36H,3H2,1-2H3,(H,37,38)(H2,30,31,32)/t20-,22-,23+,24?,25-,28+/m0/s1. The summed E-state index contributed by atoms with van der Waals surface area (Å²) in [7, 11) is 0. The number of carboxylic acid groups (broad SMARTS) is 1. The molecule has 6 atom stereocenters. The lowest BCUT2D eigenvalue weighted by Crippen LogP contribution is -2.43. The lowest BCUT2D eigenvalue weighted by Gasteiger charge is -2.30. The third-order valence-corrected chi connectivity index (χ3v) is 7.04. The van der Waals surface area contributed by atoms with Crippen molar-refractivity contribution in [1.29, 1.82) is 0 Å². The Labute approximate surface area is 230 Å². The minimum absolute atomic E-state index is 0.128. The third-order valence-electron chi connectivity index (χ3n) is 7.04. The average Bonchev–Trinajstić information content (AvgIpc) is 3.51. The van der Waals surface area contributed by atoms with Crippen molar-refractivity contribution < 1.29 is 29.6 Å². The molecule has 2 aromatic carbocycles. The van der Waals surface area contributed by atoms with Crippen LogP contribution in [-0.4, -0.2) is 65.2 Å². The van der Waals surface area contributed by atoms with Crippen LogP contribution in [0.3, 0.4) is 0 Å². The average molecular weight is 546 g/mol. The van der Waals surface area contributed by atoms with Crippen molar-refractivity contribution in [2.24, 2.45) is 0 Å². The smallest absolute Gasteiger partial charge is 0.334 e. The number of nitrogens with two attached hydrogens (primary N) is 1. The maximum absolute atomic E-state index is 12.7. The lowest BCUT2D eigenvalue weighted by molar-refractivity contribution is -0.142. The van der Waals surface area contributed by atoms with Gasteiger partial charge in [0.15, 0.2) is 17.7 Å². The predicted molar refractivity (Wildman–Crippen MR) is 147 cm³/mol. The molecule has 1 saturated heterocycles. The normalized spacial score (nSPS) is 22.9. The molecule has 5 N–H and O–H groups in total. The van der Waals surface area contributed by atoms with Gasteiger partial charge < -0.3 is 30.5 Å². The Morgan fingerprint density at radius 1 is 1.10 bits per heavy atom. The Hall–Kier alpha value is -4.16. The van der Waals surface area contributed by atoms with Gasteiger partial charge in [0, 0.05) is 0 Å². The van der Waals surface area contributed by atoms with Gasteiger partial charge in [-0.25, -0.2) is 19.7 Å². The van der Waals surface area contributed by atoms with Crippen molar-refractivity contribution in [2.75, 3.05) is 5.73 Å². The highest BCUT2D eigenvalue weighted by molar-refractivity contribution is 5.93. The molecule has 11 heteroatoms. The highest BCUT2D eigenvalue weighted by atomic mass is 16.6. The molecule has 0 aliphatic carbocycles. The molecular formula is C29H31N5O6. The zero-order valence-corrected chi connectivity index (χ0v) is 22.0. The first-order valence-electron chi connectivity index (χ1n) is 12.9. The second-order valence-electron chi connectivity index (χ2n) is 9.74. The number of aliphatic hydroxyl groups excluding tert-OH is 2. The number of nitrogens with zero attached hydrogens (tertiary/aromatic N) is 4. The van der Waals surface area contributed by atoms with Crippen molar-refractivity contribution in [3.8, 4) is 0 Å². The minimum Gasteiger partial charge on any atom is -0.478 e. The van der Waals surface area contributed by atoms with E-state index in [2.05, 4.69) is 15.0 Å². The van der Waals surface area contributed by atoms with E-state index < -0.39 is 42.7 Å². The summed E-state index contributed by atoms with van der Waals surface area (Å²) in [5.41, 5.74) is 8.90. The highest BCUT2D eigenvalue weighted by Crippen LogP contribution is 2.38. The van der Waals surface area contributed by atoms with E-state index in [1.807, 2.05) is 56.3 Å². The van der Waals surface area contributed by atoms with Crippen LogP contribution in [0.15, 0.2) is 72.8 Å². The summed E-state index contributed by atoms with van der Waals surface area (Å²) < 4.78 is 14.1. The van der Waals surface area contributed by atoms with Gasteiger partial charge in [-0.2, -0.15) is 0 Å². The molecule has 4 aromatic rings. The number of anilines is 1. The van der Waals surface area contributed by atoms with Crippen LogP contribution in [-0.2, 0) is 14.3 Å². The molecule has 1 aliphatic rings. The first kappa shape index (κ1) is 27.4. The number of imidazole rings is 1. The van der Waals surface area contributed by atoms with Gasteiger partial charge in [0.2, 0.25) is 0 Å². The zero-order chi connectivity index (χ0) is 28.4. The Balaban J connectivity index is 1.56. The van der Waals surface area contributed by atoms with Gasteiger partial charge in [0.25, 0.3) is 0 Å². The topological polar surface area (TPSA) is 166 Å². The molecule has 0 saturated carbocycles. The molecule has 0 amide bonds. The van der Waals surface area contributed by atoms with Crippen LogP contribution in [0.2, 0.25) is 0 Å². The fourth-order valence-electron chi connectivity index (χ4n) is 4.91. The SMILES string of the molecule is CC[C@H](OC(C(=Cc1ccc(C)cc1)C(=O)O)[C@H]1O[C@@H](n2cnc3c(N)ncnc32)[C@H](O)[C@@H]1O)c1ccccc1. The lowest BCUT2D eigenvalue weighted by atomic mass is 9.96. The molecule has 3 heterocycles. The van der Waals surface area contributed by atoms with Crippen molar-refractivity contribution >= 4 is 29.0 Å². The van der Waals surface area contributed by atoms with Gasteiger partial charge in [0.1, 0.15) is 36.3 Å². The fourth-order valence-corrected chi connectivity index (χ4v) is 4.91. The summed E-state index contributed by atoms with van der Waals surface area (Å²) in [4.78, 5) is 25.0. The molecule has 1 unspecified atom stereocenters. The summed E-state index contributed by atoms with van der Waals surface area (Å²) in [6.07, 6.45) is -2.44. The number of aliphatic hydroxyl groups is 2. The summed E-state index contributed by atoms with van der Waals surface area (Å²) in [6.45, 7) is 3.86. The van der Waals surface area contributed by atoms with E-state index in [-0.39, 0.29) is 11.4 Å². The van der Waals surface area contributed by atoms with E-state index in [1.54, 1.807) is 12.1 Å². The number of aliphatic carboxylic acids is 1. The number of aryl methyl sites for hydroxylation is 1.